The highest BCUT2D eigenvalue weighted by molar-refractivity contribution is 7.92. The van der Waals surface area contributed by atoms with Crippen molar-refractivity contribution in [1.82, 2.24) is 9.88 Å². The van der Waals surface area contributed by atoms with Crippen LogP contribution < -0.4 is 4.90 Å². The lowest BCUT2D eigenvalue weighted by atomic mass is 10.0. The maximum Gasteiger partial charge on any atom is 0.501 e. The molecule has 11 heteroatoms. The van der Waals surface area contributed by atoms with Crippen molar-refractivity contribution in [2.75, 3.05) is 4.90 Å². The van der Waals surface area contributed by atoms with Gasteiger partial charge in [-0.2, -0.15) is 13.2 Å². The average molecular weight is 491 g/mol. The number of rotatable bonds is 4. The Balaban J connectivity index is 1.70. The van der Waals surface area contributed by atoms with Gasteiger partial charge in [0.2, 0.25) is 0 Å². The number of aryl methyl sites for hydroxylation is 1. The molecular weight excluding hydrogens is 471 g/mol. The Morgan fingerprint density at radius 3 is 2.24 bits per heavy atom. The van der Waals surface area contributed by atoms with Crippen LogP contribution in [0.15, 0.2) is 59.5 Å². The lowest BCUT2D eigenvalue weighted by Crippen LogP contribution is -2.43. The Bertz CT molecular complexity index is 1420. The van der Waals surface area contributed by atoms with Crippen LogP contribution in [-0.2, 0) is 21.2 Å². The summed E-state index contributed by atoms with van der Waals surface area (Å²) in [7, 11) is -5.55. The number of hydrogen-bond acceptors (Lipinski definition) is 5. The van der Waals surface area contributed by atoms with E-state index in [-0.39, 0.29) is 12.2 Å². The van der Waals surface area contributed by atoms with Gasteiger partial charge in [0.15, 0.2) is 0 Å². The number of pyridine rings is 1. The Morgan fingerprint density at radius 1 is 1.00 bits per heavy atom. The van der Waals surface area contributed by atoms with Crippen molar-refractivity contribution < 1.29 is 31.2 Å². The van der Waals surface area contributed by atoms with E-state index in [0.29, 0.717) is 0 Å². The molecule has 3 aromatic rings. The van der Waals surface area contributed by atoms with Gasteiger partial charge in [-0.25, -0.2) is 18.1 Å². The quantitative estimate of drug-likeness (QED) is 0.499. The SMILES string of the molecule is Cc1cc(CN2C(=O)N(c3ccc(S(=O)(=O)C(F)(F)F)cc3)C(=O)C2(C)C)c2ccccc2n1. The van der Waals surface area contributed by atoms with Gasteiger partial charge in [0.05, 0.1) is 16.1 Å². The topological polar surface area (TPSA) is 87.7 Å². The van der Waals surface area contributed by atoms with Crippen LogP contribution in [0, 0.1) is 6.92 Å². The first-order valence-corrected chi connectivity index (χ1v) is 11.7. The number of benzene rings is 2. The number of amides is 3. The molecule has 0 saturated carbocycles. The van der Waals surface area contributed by atoms with Crippen LogP contribution >= 0.6 is 0 Å². The second-order valence-electron chi connectivity index (χ2n) is 8.45. The summed E-state index contributed by atoms with van der Waals surface area (Å²) >= 11 is 0. The number of para-hydroxylation sites is 1. The van der Waals surface area contributed by atoms with Gasteiger partial charge < -0.3 is 4.90 Å². The molecule has 2 heterocycles. The first-order valence-electron chi connectivity index (χ1n) is 10.2. The van der Waals surface area contributed by atoms with E-state index in [9.17, 15) is 31.2 Å². The van der Waals surface area contributed by atoms with Crippen molar-refractivity contribution in [2.24, 2.45) is 0 Å². The normalized spacial score (nSPS) is 16.5. The number of carbonyl (C=O) groups is 2. The molecule has 3 amide bonds. The first kappa shape index (κ1) is 23.7. The van der Waals surface area contributed by atoms with Crippen LogP contribution in [0.25, 0.3) is 10.9 Å². The third-order valence-electron chi connectivity index (χ3n) is 5.79. The molecule has 0 aliphatic carbocycles. The van der Waals surface area contributed by atoms with Gasteiger partial charge in [0.25, 0.3) is 15.7 Å². The highest BCUT2D eigenvalue weighted by Gasteiger charge is 2.52. The molecule has 1 fully saturated rings. The highest BCUT2D eigenvalue weighted by atomic mass is 32.2. The lowest BCUT2D eigenvalue weighted by Gasteiger charge is -2.28. The van der Waals surface area contributed by atoms with Crippen LogP contribution in [-0.4, -0.2) is 41.3 Å². The lowest BCUT2D eigenvalue weighted by molar-refractivity contribution is -0.123. The number of hydrogen-bond donors (Lipinski definition) is 0. The zero-order valence-corrected chi connectivity index (χ0v) is 19.2. The van der Waals surface area contributed by atoms with Crippen LogP contribution in [0.4, 0.5) is 23.7 Å². The fourth-order valence-electron chi connectivity index (χ4n) is 3.93. The molecule has 1 aliphatic rings. The van der Waals surface area contributed by atoms with E-state index in [1.807, 2.05) is 37.3 Å². The number of anilines is 1. The Morgan fingerprint density at radius 2 is 1.62 bits per heavy atom. The molecule has 0 N–H and O–H groups in total. The molecule has 34 heavy (non-hydrogen) atoms. The zero-order chi connectivity index (χ0) is 25.1. The second-order valence-corrected chi connectivity index (χ2v) is 10.4. The van der Waals surface area contributed by atoms with Crippen molar-refractivity contribution >= 4 is 38.4 Å². The average Bonchev–Trinajstić information content (AvgIpc) is 2.92. The number of halogens is 3. The molecule has 1 aliphatic heterocycles. The molecule has 1 aromatic heterocycles. The minimum atomic E-state index is -5.55. The molecule has 2 aromatic carbocycles. The van der Waals surface area contributed by atoms with E-state index >= 15 is 0 Å². The summed E-state index contributed by atoms with van der Waals surface area (Å²) in [6.45, 7) is 5.07. The monoisotopic (exact) mass is 491 g/mol. The molecule has 1 saturated heterocycles. The molecule has 0 atom stereocenters. The van der Waals surface area contributed by atoms with Crippen molar-refractivity contribution in [3.63, 3.8) is 0 Å². The number of carbonyl (C=O) groups excluding carboxylic acids is 2. The number of aromatic nitrogens is 1. The minimum Gasteiger partial charge on any atom is -0.305 e. The third-order valence-corrected chi connectivity index (χ3v) is 7.29. The molecule has 7 nitrogen and oxygen atoms in total. The van der Waals surface area contributed by atoms with Gasteiger partial charge in [-0.1, -0.05) is 18.2 Å². The van der Waals surface area contributed by atoms with Crippen LogP contribution in [0.2, 0.25) is 0 Å². The van der Waals surface area contributed by atoms with Crippen LogP contribution in [0.1, 0.15) is 25.1 Å². The van der Waals surface area contributed by atoms with Gasteiger partial charge in [0.1, 0.15) is 5.54 Å². The fraction of sp³-hybridized carbons (Fsp3) is 0.261. The Hall–Kier alpha value is -3.47. The predicted molar refractivity (Wildman–Crippen MR) is 119 cm³/mol. The molecule has 178 valence electrons. The molecule has 0 radical (unpaired) electrons. The summed E-state index contributed by atoms with van der Waals surface area (Å²) in [6.07, 6.45) is 0. The first-order chi connectivity index (χ1) is 15.7. The zero-order valence-electron chi connectivity index (χ0n) is 18.4. The van der Waals surface area contributed by atoms with Crippen molar-refractivity contribution in [1.29, 1.82) is 0 Å². The number of urea groups is 1. The molecular formula is C23H20F3N3O4S. The van der Waals surface area contributed by atoms with E-state index < -0.39 is 37.7 Å². The molecule has 0 unspecified atom stereocenters. The maximum absolute atomic E-state index is 13.3. The third kappa shape index (κ3) is 3.69. The molecule has 4 rings (SSSR count). The highest BCUT2D eigenvalue weighted by Crippen LogP contribution is 2.36. The van der Waals surface area contributed by atoms with Gasteiger partial charge in [-0.3, -0.25) is 9.78 Å². The summed E-state index contributed by atoms with van der Waals surface area (Å²) in [6, 6.07) is 12.0. The van der Waals surface area contributed by atoms with Gasteiger partial charge >= 0.3 is 11.5 Å². The number of sulfone groups is 1. The minimum absolute atomic E-state index is 0.0255. The Labute approximate surface area is 193 Å². The van der Waals surface area contributed by atoms with Crippen molar-refractivity contribution in [3.05, 3.63) is 65.9 Å². The summed E-state index contributed by atoms with van der Waals surface area (Å²) in [5.41, 5.74) is -4.48. The fourth-order valence-corrected chi connectivity index (χ4v) is 4.69. The molecule has 0 bridgehead atoms. The summed E-state index contributed by atoms with van der Waals surface area (Å²) in [4.78, 5) is 32.2. The number of fused-ring (bicyclic) bond motifs is 1. The summed E-state index contributed by atoms with van der Waals surface area (Å²) in [5, 5.41) is 0.823. The van der Waals surface area contributed by atoms with Crippen molar-refractivity contribution in [2.45, 2.75) is 43.3 Å². The van der Waals surface area contributed by atoms with Gasteiger partial charge in [-0.05, 0) is 62.7 Å². The second kappa shape index (κ2) is 7.79. The predicted octanol–water partition coefficient (Wildman–Crippen LogP) is 4.58. The van der Waals surface area contributed by atoms with E-state index in [0.717, 1.165) is 51.3 Å². The van der Waals surface area contributed by atoms with E-state index in [2.05, 4.69) is 4.98 Å². The summed E-state index contributed by atoms with van der Waals surface area (Å²) in [5.74, 6) is -0.584. The van der Waals surface area contributed by atoms with E-state index in [1.165, 1.54) is 4.90 Å². The smallest absolute Gasteiger partial charge is 0.305 e. The van der Waals surface area contributed by atoms with Gasteiger partial charge in [0, 0.05) is 17.6 Å². The number of alkyl halides is 3. The maximum atomic E-state index is 13.3. The van der Waals surface area contributed by atoms with Crippen molar-refractivity contribution in [3.8, 4) is 0 Å². The van der Waals surface area contributed by atoms with E-state index in [4.69, 9.17) is 0 Å². The number of imide groups is 1. The number of nitrogens with zero attached hydrogens (tertiary/aromatic N) is 3. The van der Waals surface area contributed by atoms with E-state index in [1.54, 1.807) is 13.8 Å². The summed E-state index contributed by atoms with van der Waals surface area (Å²) < 4.78 is 61.7. The largest absolute Gasteiger partial charge is 0.501 e. The molecule has 0 spiro atoms. The Kier molecular flexibility index (Phi) is 5.43. The standard InChI is InChI=1S/C23H20F3N3O4S/c1-14-12-15(18-6-4-5-7-19(18)27-14)13-28-21(31)29(20(30)22(28,2)3)16-8-10-17(11-9-16)34(32,33)23(24,25)26/h4-12H,13H2,1-3H3. The van der Waals surface area contributed by atoms with Crippen LogP contribution in [0.3, 0.4) is 0 Å². The van der Waals surface area contributed by atoms with Crippen LogP contribution in [0.5, 0.6) is 0 Å². The van der Waals surface area contributed by atoms with Gasteiger partial charge in [-0.15, -0.1) is 0 Å².